The predicted molar refractivity (Wildman–Crippen MR) is 107 cm³/mol. The van der Waals surface area contributed by atoms with Gasteiger partial charge in [0.25, 0.3) is 11.5 Å². The maximum Gasteiger partial charge on any atom is 0.330 e. The molecule has 1 fully saturated rings. The lowest BCUT2D eigenvalue weighted by molar-refractivity contribution is -0.00937. The Bertz CT molecular complexity index is 1150. The number of carbonyl (C=O) groups excluding carboxylic acids is 1. The maximum absolute atomic E-state index is 12.7. The van der Waals surface area contributed by atoms with Crippen LogP contribution in [0.4, 0.5) is 0 Å². The number of nitrogens with one attached hydrogen (secondary N) is 1. The van der Waals surface area contributed by atoms with Gasteiger partial charge in [-0.1, -0.05) is 35.5 Å². The quantitative estimate of drug-likeness (QED) is 0.353. The van der Waals surface area contributed by atoms with Crippen LogP contribution in [0.5, 0.6) is 0 Å². The zero-order valence-electron chi connectivity index (χ0n) is 15.3. The Morgan fingerprint density at radius 3 is 2.72 bits per heavy atom. The van der Waals surface area contributed by atoms with E-state index < -0.39 is 29.6 Å². The highest BCUT2D eigenvalue weighted by molar-refractivity contribution is 7.80. The van der Waals surface area contributed by atoms with Gasteiger partial charge in [-0.3, -0.25) is 24.0 Å². The molecular formula is C18H16N6O4S. The summed E-state index contributed by atoms with van der Waals surface area (Å²) in [6, 6.07) is 6.44. The Hall–Kier alpha value is -3.27. The molecule has 0 aliphatic carbocycles. The monoisotopic (exact) mass is 412 g/mol. The number of ether oxygens (including phenoxy) is 1. The number of amides is 1. The smallest absolute Gasteiger partial charge is 0.330 e. The molecule has 0 bridgehead atoms. The van der Waals surface area contributed by atoms with Crippen molar-refractivity contribution < 1.29 is 9.53 Å². The number of aromatic amines is 1. The average Bonchev–Trinajstić information content (AvgIpc) is 3.20. The molecule has 2 aromatic rings. The van der Waals surface area contributed by atoms with Crippen LogP contribution in [0.3, 0.4) is 0 Å². The van der Waals surface area contributed by atoms with Crippen LogP contribution in [-0.2, 0) is 4.74 Å². The molecule has 3 atom stereocenters. The van der Waals surface area contributed by atoms with E-state index in [9.17, 15) is 14.4 Å². The zero-order chi connectivity index (χ0) is 20.7. The summed E-state index contributed by atoms with van der Waals surface area (Å²) in [4.78, 5) is 43.4. The Labute approximate surface area is 169 Å². The van der Waals surface area contributed by atoms with Gasteiger partial charge in [0.1, 0.15) is 11.2 Å². The normalized spacial score (nSPS) is 23.2. The molecule has 1 N–H and O–H groups in total. The van der Waals surface area contributed by atoms with Crippen molar-refractivity contribution in [1.29, 1.82) is 0 Å². The highest BCUT2D eigenvalue weighted by Crippen LogP contribution is 2.32. The standard InChI is InChI=1S/C18H16N6O4S/c1-9-7-23(18(27)20-15(9)25)14-6-12(21-22-19)13(28-14)8-24-16(26)10-4-2-3-5-11(10)17(24)29/h2-5,7,12-14H,6,8H2,1H3,(H,20,25,27)/t12-,13+,14+/m0/s1. The molecule has 10 nitrogen and oxygen atoms in total. The lowest BCUT2D eigenvalue weighted by Crippen LogP contribution is -2.40. The van der Waals surface area contributed by atoms with Crippen molar-refractivity contribution in [3.05, 3.63) is 78.4 Å². The largest absolute Gasteiger partial charge is 0.352 e. The van der Waals surface area contributed by atoms with Crippen molar-refractivity contribution in [3.8, 4) is 0 Å². The van der Waals surface area contributed by atoms with E-state index in [2.05, 4.69) is 15.0 Å². The molecule has 148 valence electrons. The SMILES string of the molecule is Cc1cn([C@H]2C[C@H](N=[N+]=[N-])[C@@H](CN3C(=O)c4ccccc4C3=S)O2)c(=O)[nH]c1=O. The van der Waals surface area contributed by atoms with E-state index in [0.29, 0.717) is 21.7 Å². The zero-order valence-corrected chi connectivity index (χ0v) is 16.1. The van der Waals surface area contributed by atoms with Crippen molar-refractivity contribution in [2.24, 2.45) is 5.11 Å². The van der Waals surface area contributed by atoms with Gasteiger partial charge in [-0.2, -0.15) is 0 Å². The second-order valence-electron chi connectivity index (χ2n) is 6.88. The fraction of sp³-hybridized carbons (Fsp3) is 0.333. The summed E-state index contributed by atoms with van der Waals surface area (Å²) in [6.45, 7) is 1.66. The first-order valence-corrected chi connectivity index (χ1v) is 9.28. The first kappa shape index (κ1) is 19.1. The highest BCUT2D eigenvalue weighted by Gasteiger charge is 2.41. The summed E-state index contributed by atoms with van der Waals surface area (Å²) < 4.78 is 7.23. The summed E-state index contributed by atoms with van der Waals surface area (Å²) in [5.41, 5.74) is 9.37. The van der Waals surface area contributed by atoms with Crippen LogP contribution in [0.25, 0.3) is 10.4 Å². The summed E-state index contributed by atoms with van der Waals surface area (Å²) in [6.07, 6.45) is 0.225. The third kappa shape index (κ3) is 3.25. The molecule has 11 heteroatoms. The number of thiocarbonyl (C=S) groups is 1. The van der Waals surface area contributed by atoms with Crippen LogP contribution in [0.2, 0.25) is 0 Å². The van der Waals surface area contributed by atoms with Crippen molar-refractivity contribution in [1.82, 2.24) is 14.5 Å². The number of fused-ring (bicyclic) bond motifs is 1. The van der Waals surface area contributed by atoms with Crippen molar-refractivity contribution in [2.75, 3.05) is 6.54 Å². The fourth-order valence-electron chi connectivity index (χ4n) is 3.62. The molecule has 2 aliphatic rings. The molecule has 1 amide bonds. The lowest BCUT2D eigenvalue weighted by Gasteiger charge is -2.23. The van der Waals surface area contributed by atoms with Gasteiger partial charge in [0.2, 0.25) is 0 Å². The molecule has 1 saturated heterocycles. The number of aryl methyl sites for hydroxylation is 1. The summed E-state index contributed by atoms with van der Waals surface area (Å²) in [7, 11) is 0. The van der Waals surface area contributed by atoms with Gasteiger partial charge in [-0.15, -0.1) is 0 Å². The summed E-state index contributed by atoms with van der Waals surface area (Å²) in [5, 5.41) is 3.78. The second-order valence-corrected chi connectivity index (χ2v) is 7.27. The maximum atomic E-state index is 12.7. The fourth-order valence-corrected chi connectivity index (χ4v) is 3.96. The Balaban J connectivity index is 1.61. The lowest BCUT2D eigenvalue weighted by atomic mass is 10.1. The van der Waals surface area contributed by atoms with Crippen LogP contribution < -0.4 is 11.2 Å². The number of hydrogen-bond acceptors (Lipinski definition) is 6. The number of rotatable bonds is 4. The van der Waals surface area contributed by atoms with Gasteiger partial charge in [-0.05, 0) is 18.5 Å². The molecule has 0 spiro atoms. The van der Waals surface area contributed by atoms with Crippen LogP contribution in [-0.4, -0.2) is 44.0 Å². The van der Waals surface area contributed by atoms with E-state index in [4.69, 9.17) is 22.5 Å². The van der Waals surface area contributed by atoms with E-state index in [0.717, 1.165) is 0 Å². The molecule has 0 radical (unpaired) electrons. The number of hydrogen-bond donors (Lipinski definition) is 1. The van der Waals surface area contributed by atoms with E-state index in [1.165, 1.54) is 15.7 Å². The number of benzene rings is 1. The third-order valence-electron chi connectivity index (χ3n) is 5.10. The molecule has 0 saturated carbocycles. The highest BCUT2D eigenvalue weighted by atomic mass is 32.1. The van der Waals surface area contributed by atoms with Crippen molar-refractivity contribution >= 4 is 23.1 Å². The van der Waals surface area contributed by atoms with E-state index in [1.54, 1.807) is 31.2 Å². The Morgan fingerprint density at radius 2 is 2.03 bits per heavy atom. The van der Waals surface area contributed by atoms with Crippen molar-refractivity contribution in [2.45, 2.75) is 31.7 Å². The van der Waals surface area contributed by atoms with Gasteiger partial charge in [-0.25, -0.2) is 4.79 Å². The van der Waals surface area contributed by atoms with Gasteiger partial charge in [0.15, 0.2) is 0 Å². The first-order valence-electron chi connectivity index (χ1n) is 8.87. The van der Waals surface area contributed by atoms with Crippen LogP contribution in [0, 0.1) is 6.92 Å². The minimum atomic E-state index is -0.743. The van der Waals surface area contributed by atoms with Gasteiger partial charge in [0.05, 0.1) is 24.3 Å². The minimum absolute atomic E-state index is 0.0869. The minimum Gasteiger partial charge on any atom is -0.352 e. The molecule has 2 aliphatic heterocycles. The molecule has 3 heterocycles. The van der Waals surface area contributed by atoms with Crippen molar-refractivity contribution in [3.63, 3.8) is 0 Å². The van der Waals surface area contributed by atoms with E-state index >= 15 is 0 Å². The second kappa shape index (κ2) is 7.28. The summed E-state index contributed by atoms with van der Waals surface area (Å²) in [5.74, 6) is -0.241. The predicted octanol–water partition coefficient (Wildman–Crippen LogP) is 1.64. The van der Waals surface area contributed by atoms with Gasteiger partial charge < -0.3 is 4.74 Å². The number of nitrogens with zero attached hydrogens (tertiary/aromatic N) is 5. The number of carbonyl (C=O) groups is 1. The average molecular weight is 412 g/mol. The van der Waals surface area contributed by atoms with Crippen LogP contribution >= 0.6 is 12.2 Å². The molecule has 29 heavy (non-hydrogen) atoms. The molecule has 4 rings (SSSR count). The first-order chi connectivity index (χ1) is 13.9. The van der Waals surface area contributed by atoms with E-state index in [-0.39, 0.29) is 18.9 Å². The van der Waals surface area contributed by atoms with Gasteiger partial charge >= 0.3 is 5.69 Å². The Kier molecular flexibility index (Phi) is 4.79. The summed E-state index contributed by atoms with van der Waals surface area (Å²) >= 11 is 5.44. The molecule has 1 aromatic carbocycles. The molecule has 1 aromatic heterocycles. The number of H-pyrrole nitrogens is 1. The number of aromatic nitrogens is 2. The molecule has 0 unspecified atom stereocenters. The molecular weight excluding hydrogens is 396 g/mol. The Morgan fingerprint density at radius 1 is 1.31 bits per heavy atom. The third-order valence-corrected chi connectivity index (χ3v) is 5.54. The topological polar surface area (TPSA) is 133 Å². The van der Waals surface area contributed by atoms with Crippen LogP contribution in [0.15, 0.2) is 45.2 Å². The van der Waals surface area contributed by atoms with E-state index in [1.807, 2.05) is 0 Å². The van der Waals surface area contributed by atoms with Crippen LogP contribution in [0.1, 0.15) is 34.1 Å². The van der Waals surface area contributed by atoms with Gasteiger partial charge in [0, 0.05) is 28.7 Å². The number of azide groups is 1.